The molecule has 1 aromatic rings. The van der Waals surface area contributed by atoms with Crippen LogP contribution in [0.5, 0.6) is 0 Å². The molecule has 1 fully saturated rings. The zero-order valence-electron chi connectivity index (χ0n) is 11.8. The summed E-state index contributed by atoms with van der Waals surface area (Å²) >= 11 is 6.31. The van der Waals surface area contributed by atoms with Gasteiger partial charge in [0.05, 0.1) is 10.7 Å². The number of benzene rings is 1. The predicted octanol–water partition coefficient (Wildman–Crippen LogP) is 2.39. The number of nitrogens with zero attached hydrogens (tertiary/aromatic N) is 1. The van der Waals surface area contributed by atoms with Crippen molar-refractivity contribution in [1.82, 2.24) is 0 Å². The lowest BCUT2D eigenvalue weighted by molar-refractivity contribution is 0.100. The fraction of sp³-hybridized carbons (Fsp3) is 0.533. The summed E-state index contributed by atoms with van der Waals surface area (Å²) in [7, 11) is 0. The standard InChI is InChI=1S/C15H22ClN3O/c1-2-10-5-6-19(12(7-10)9-17)14-4-3-11(15(18)20)8-13(14)16/h3-4,8,10,12H,2,5-7,9,17H2,1H3,(H2,18,20). The van der Waals surface area contributed by atoms with Crippen molar-refractivity contribution in [1.29, 1.82) is 0 Å². The van der Waals surface area contributed by atoms with Gasteiger partial charge in [-0.05, 0) is 37.0 Å². The maximum atomic E-state index is 11.2. The fourth-order valence-electron chi connectivity index (χ4n) is 2.94. The third-order valence-corrected chi connectivity index (χ3v) is 4.52. The van der Waals surface area contributed by atoms with Crippen LogP contribution in [0.3, 0.4) is 0 Å². The smallest absolute Gasteiger partial charge is 0.248 e. The highest BCUT2D eigenvalue weighted by molar-refractivity contribution is 6.33. The van der Waals surface area contributed by atoms with Gasteiger partial charge in [-0.3, -0.25) is 4.79 Å². The highest BCUT2D eigenvalue weighted by atomic mass is 35.5. The summed E-state index contributed by atoms with van der Waals surface area (Å²) in [5.74, 6) is 0.280. The van der Waals surface area contributed by atoms with Crippen LogP contribution in [0.15, 0.2) is 18.2 Å². The Kier molecular flexibility index (Phi) is 4.89. The van der Waals surface area contributed by atoms with Crippen molar-refractivity contribution < 1.29 is 4.79 Å². The molecule has 2 unspecified atom stereocenters. The molecular weight excluding hydrogens is 274 g/mol. The van der Waals surface area contributed by atoms with Crippen molar-refractivity contribution in [2.75, 3.05) is 18.0 Å². The van der Waals surface area contributed by atoms with Crippen LogP contribution in [-0.4, -0.2) is 25.0 Å². The minimum Gasteiger partial charge on any atom is -0.366 e. The molecule has 0 aliphatic carbocycles. The zero-order chi connectivity index (χ0) is 14.7. The fourth-order valence-corrected chi connectivity index (χ4v) is 3.23. The lowest BCUT2D eigenvalue weighted by Gasteiger charge is -2.40. The van der Waals surface area contributed by atoms with Crippen molar-refractivity contribution in [3.05, 3.63) is 28.8 Å². The maximum absolute atomic E-state index is 11.2. The summed E-state index contributed by atoms with van der Waals surface area (Å²) in [5, 5.41) is 0.565. The SMILES string of the molecule is CCC1CCN(c2ccc(C(N)=O)cc2Cl)C(CN)C1. The molecule has 1 amide bonds. The molecule has 0 bridgehead atoms. The second kappa shape index (κ2) is 6.46. The van der Waals surface area contributed by atoms with Gasteiger partial charge in [-0.1, -0.05) is 24.9 Å². The first-order valence-corrected chi connectivity index (χ1v) is 7.50. The molecular formula is C15H22ClN3O. The second-order valence-electron chi connectivity index (χ2n) is 5.41. The molecule has 5 heteroatoms. The van der Waals surface area contributed by atoms with Crippen LogP contribution < -0.4 is 16.4 Å². The first-order valence-electron chi connectivity index (χ1n) is 7.12. The van der Waals surface area contributed by atoms with Gasteiger partial charge in [0.15, 0.2) is 0 Å². The van der Waals surface area contributed by atoms with E-state index in [-0.39, 0.29) is 0 Å². The van der Waals surface area contributed by atoms with Crippen molar-refractivity contribution >= 4 is 23.2 Å². The number of piperidine rings is 1. The van der Waals surface area contributed by atoms with E-state index in [1.165, 1.54) is 6.42 Å². The van der Waals surface area contributed by atoms with Crippen LogP contribution in [0.4, 0.5) is 5.69 Å². The van der Waals surface area contributed by atoms with Crippen LogP contribution >= 0.6 is 11.6 Å². The Morgan fingerprint density at radius 3 is 2.80 bits per heavy atom. The van der Waals surface area contributed by atoms with Crippen molar-refractivity contribution in [2.45, 2.75) is 32.2 Å². The molecule has 1 aromatic carbocycles. The number of nitrogens with two attached hydrogens (primary N) is 2. The molecule has 1 aliphatic rings. The van der Waals surface area contributed by atoms with Gasteiger partial charge in [-0.15, -0.1) is 0 Å². The largest absolute Gasteiger partial charge is 0.366 e. The zero-order valence-corrected chi connectivity index (χ0v) is 12.6. The average Bonchev–Trinajstić information content (AvgIpc) is 2.46. The summed E-state index contributed by atoms with van der Waals surface area (Å²) in [4.78, 5) is 13.4. The number of primary amides is 1. The van der Waals surface area contributed by atoms with Gasteiger partial charge in [0, 0.05) is 24.7 Å². The molecule has 20 heavy (non-hydrogen) atoms. The topological polar surface area (TPSA) is 72.3 Å². The van der Waals surface area contributed by atoms with Crippen LogP contribution in [0.25, 0.3) is 0 Å². The van der Waals surface area contributed by atoms with E-state index in [1.807, 2.05) is 6.07 Å². The molecule has 4 N–H and O–H groups in total. The Morgan fingerprint density at radius 1 is 1.50 bits per heavy atom. The maximum Gasteiger partial charge on any atom is 0.248 e. The molecule has 4 nitrogen and oxygen atoms in total. The number of carbonyl (C=O) groups is 1. The predicted molar refractivity (Wildman–Crippen MR) is 83.2 cm³/mol. The van der Waals surface area contributed by atoms with Gasteiger partial charge < -0.3 is 16.4 Å². The van der Waals surface area contributed by atoms with Crippen LogP contribution in [-0.2, 0) is 0 Å². The Labute approximate surface area is 125 Å². The molecule has 2 atom stereocenters. The Hall–Kier alpha value is -1.26. The first kappa shape index (κ1) is 15.1. The Balaban J connectivity index is 2.24. The molecule has 1 saturated heterocycles. The van der Waals surface area contributed by atoms with Crippen molar-refractivity contribution in [2.24, 2.45) is 17.4 Å². The van der Waals surface area contributed by atoms with E-state index in [0.717, 1.165) is 31.0 Å². The Bertz CT molecular complexity index is 492. The molecule has 1 heterocycles. The quantitative estimate of drug-likeness (QED) is 0.896. The van der Waals surface area contributed by atoms with Crippen LogP contribution in [0.1, 0.15) is 36.5 Å². The minimum atomic E-state index is -0.460. The second-order valence-corrected chi connectivity index (χ2v) is 5.82. The number of carbonyl (C=O) groups excluding carboxylic acids is 1. The molecule has 0 aromatic heterocycles. The Morgan fingerprint density at radius 2 is 2.25 bits per heavy atom. The van der Waals surface area contributed by atoms with Crippen molar-refractivity contribution in [3.8, 4) is 0 Å². The van der Waals surface area contributed by atoms with Gasteiger partial charge >= 0.3 is 0 Å². The van der Waals surface area contributed by atoms with Gasteiger partial charge in [0.25, 0.3) is 0 Å². The van der Waals surface area contributed by atoms with E-state index in [1.54, 1.807) is 12.1 Å². The lowest BCUT2D eigenvalue weighted by atomic mass is 9.88. The van der Waals surface area contributed by atoms with E-state index >= 15 is 0 Å². The third kappa shape index (κ3) is 3.07. The minimum absolute atomic E-state index is 0.311. The van der Waals surface area contributed by atoms with E-state index in [4.69, 9.17) is 23.1 Å². The van der Waals surface area contributed by atoms with E-state index in [0.29, 0.717) is 23.2 Å². The van der Waals surface area contributed by atoms with Gasteiger partial charge in [-0.25, -0.2) is 0 Å². The molecule has 110 valence electrons. The van der Waals surface area contributed by atoms with Gasteiger partial charge in [0.2, 0.25) is 5.91 Å². The summed E-state index contributed by atoms with van der Waals surface area (Å²) in [6.07, 6.45) is 3.44. The van der Waals surface area contributed by atoms with Gasteiger partial charge in [-0.2, -0.15) is 0 Å². The summed E-state index contributed by atoms with van der Waals surface area (Å²) in [6, 6.07) is 5.55. The highest BCUT2D eigenvalue weighted by Crippen LogP contribution is 2.34. The molecule has 0 spiro atoms. The number of amides is 1. The summed E-state index contributed by atoms with van der Waals surface area (Å²) in [6.45, 7) is 3.79. The lowest BCUT2D eigenvalue weighted by Crippen LogP contribution is -2.46. The summed E-state index contributed by atoms with van der Waals surface area (Å²) < 4.78 is 0. The number of hydrogen-bond donors (Lipinski definition) is 2. The highest BCUT2D eigenvalue weighted by Gasteiger charge is 2.28. The van der Waals surface area contributed by atoms with Crippen LogP contribution in [0.2, 0.25) is 5.02 Å². The molecule has 2 rings (SSSR count). The molecule has 0 saturated carbocycles. The number of anilines is 1. The first-order chi connectivity index (χ1) is 9.56. The number of halogens is 1. The molecule has 1 aliphatic heterocycles. The molecule has 0 radical (unpaired) electrons. The number of hydrogen-bond acceptors (Lipinski definition) is 3. The monoisotopic (exact) mass is 295 g/mol. The normalized spacial score (nSPS) is 22.9. The number of rotatable bonds is 4. The average molecular weight is 296 g/mol. The van der Waals surface area contributed by atoms with Crippen LogP contribution in [0, 0.1) is 5.92 Å². The van der Waals surface area contributed by atoms with E-state index in [2.05, 4.69) is 11.8 Å². The third-order valence-electron chi connectivity index (χ3n) is 4.22. The van der Waals surface area contributed by atoms with Gasteiger partial charge in [0.1, 0.15) is 0 Å². The summed E-state index contributed by atoms with van der Waals surface area (Å²) in [5.41, 5.74) is 12.6. The van der Waals surface area contributed by atoms with Crippen molar-refractivity contribution in [3.63, 3.8) is 0 Å². The van der Waals surface area contributed by atoms with E-state index < -0.39 is 5.91 Å². The van der Waals surface area contributed by atoms with E-state index in [9.17, 15) is 4.79 Å².